The van der Waals surface area contributed by atoms with E-state index in [1.54, 1.807) is 20.8 Å². The molecule has 18 heavy (non-hydrogen) atoms. The molecule has 0 amide bonds. The molecule has 0 atom stereocenters. The molecule has 1 aromatic carbocycles. The second kappa shape index (κ2) is 5.05. The maximum Gasteiger partial charge on any atom is 0.385 e. The molecule has 0 unspecified atom stereocenters. The van der Waals surface area contributed by atoms with Crippen LogP contribution in [0.1, 0.15) is 26.3 Å². The number of carbonyl (C=O) groups is 1. The van der Waals surface area contributed by atoms with E-state index in [4.69, 9.17) is 10.5 Å². The predicted octanol–water partition coefficient (Wildman–Crippen LogP) is 2.24. The van der Waals surface area contributed by atoms with Crippen molar-refractivity contribution in [1.82, 2.24) is 0 Å². The van der Waals surface area contributed by atoms with E-state index in [9.17, 15) is 13.6 Å². The first kappa shape index (κ1) is 14.0. The molecule has 2 N–H and O–H groups in total. The Morgan fingerprint density at radius 1 is 1.28 bits per heavy atom. The summed E-state index contributed by atoms with van der Waals surface area (Å²) in [5.74, 6) is 1.87. The zero-order valence-corrected chi connectivity index (χ0v) is 10.3. The molecule has 0 aromatic heterocycles. The molecule has 0 aliphatic carbocycles. The third-order valence-electron chi connectivity index (χ3n) is 1.79. The van der Waals surface area contributed by atoms with E-state index in [0.717, 1.165) is 12.1 Å². The number of hydrogen-bond donors (Lipinski definition) is 1. The second-order valence-corrected chi connectivity index (χ2v) is 4.61. The number of nitrogen functional groups attached to an aromatic ring is 1. The Balaban J connectivity index is 2.90. The molecule has 0 saturated heterocycles. The molecule has 0 heterocycles. The van der Waals surface area contributed by atoms with E-state index < -0.39 is 28.9 Å². The molecular formula is C13H13F2NO2. The van der Waals surface area contributed by atoms with E-state index in [1.165, 1.54) is 0 Å². The molecule has 1 rings (SSSR count). The zero-order valence-electron chi connectivity index (χ0n) is 10.3. The van der Waals surface area contributed by atoms with Gasteiger partial charge in [0, 0.05) is 11.5 Å². The summed E-state index contributed by atoms with van der Waals surface area (Å²) in [6.45, 7) is 5.07. The standard InChI is InChI=1S/C13H13F2NO2/c1-13(2,3)18-11(17)5-4-8-6-9(14)12(16)10(15)7-8/h6-7H,16H2,1-3H3. The van der Waals surface area contributed by atoms with Gasteiger partial charge in [-0.25, -0.2) is 13.6 Å². The Kier molecular flexibility index (Phi) is 3.92. The van der Waals surface area contributed by atoms with E-state index in [-0.39, 0.29) is 5.56 Å². The summed E-state index contributed by atoms with van der Waals surface area (Å²) >= 11 is 0. The van der Waals surface area contributed by atoms with Gasteiger partial charge in [-0.2, -0.15) is 0 Å². The highest BCUT2D eigenvalue weighted by molar-refractivity contribution is 5.89. The fourth-order valence-electron chi connectivity index (χ4n) is 1.08. The Morgan fingerprint density at radius 3 is 2.22 bits per heavy atom. The minimum absolute atomic E-state index is 0.0186. The van der Waals surface area contributed by atoms with Gasteiger partial charge in [-0.3, -0.25) is 0 Å². The van der Waals surface area contributed by atoms with E-state index in [1.807, 2.05) is 0 Å². The van der Waals surface area contributed by atoms with Crippen molar-refractivity contribution in [3.63, 3.8) is 0 Å². The number of nitrogens with two attached hydrogens (primary N) is 1. The van der Waals surface area contributed by atoms with E-state index in [2.05, 4.69) is 11.8 Å². The lowest BCUT2D eigenvalue weighted by molar-refractivity contribution is -0.147. The molecular weight excluding hydrogens is 240 g/mol. The third kappa shape index (κ3) is 4.06. The van der Waals surface area contributed by atoms with Crippen molar-refractivity contribution in [2.45, 2.75) is 26.4 Å². The van der Waals surface area contributed by atoms with Crippen LogP contribution in [0.3, 0.4) is 0 Å². The number of benzene rings is 1. The van der Waals surface area contributed by atoms with Gasteiger partial charge >= 0.3 is 5.97 Å². The fourth-order valence-corrected chi connectivity index (χ4v) is 1.08. The first-order valence-corrected chi connectivity index (χ1v) is 5.18. The molecule has 0 aliphatic rings. The number of hydrogen-bond acceptors (Lipinski definition) is 3. The predicted molar refractivity (Wildman–Crippen MR) is 63.5 cm³/mol. The molecule has 0 radical (unpaired) electrons. The molecule has 0 spiro atoms. The van der Waals surface area contributed by atoms with Gasteiger partial charge in [0.1, 0.15) is 22.9 Å². The van der Waals surface area contributed by atoms with Crippen LogP contribution < -0.4 is 5.73 Å². The monoisotopic (exact) mass is 253 g/mol. The number of esters is 1. The largest absolute Gasteiger partial charge is 0.450 e. The lowest BCUT2D eigenvalue weighted by Crippen LogP contribution is -2.22. The zero-order chi connectivity index (χ0) is 13.9. The van der Waals surface area contributed by atoms with Crippen molar-refractivity contribution in [2.75, 3.05) is 5.73 Å². The van der Waals surface area contributed by atoms with Crippen LogP contribution in [0.2, 0.25) is 0 Å². The lowest BCUT2D eigenvalue weighted by atomic mass is 10.2. The molecule has 96 valence electrons. The molecule has 1 aromatic rings. The SMILES string of the molecule is CC(C)(C)OC(=O)C#Cc1cc(F)c(N)c(F)c1. The van der Waals surface area contributed by atoms with E-state index in [0.29, 0.717) is 0 Å². The second-order valence-electron chi connectivity index (χ2n) is 4.61. The van der Waals surface area contributed by atoms with Crippen LogP contribution in [0.5, 0.6) is 0 Å². The van der Waals surface area contributed by atoms with Crippen molar-refractivity contribution in [2.24, 2.45) is 0 Å². The highest BCUT2D eigenvalue weighted by atomic mass is 19.1. The van der Waals surface area contributed by atoms with Crippen LogP contribution in [-0.2, 0) is 9.53 Å². The van der Waals surface area contributed by atoms with Gasteiger partial charge < -0.3 is 10.5 Å². The summed E-state index contributed by atoms with van der Waals surface area (Å²) in [5, 5.41) is 0. The molecule has 0 aliphatic heterocycles. The number of anilines is 1. The Labute approximate surface area is 104 Å². The third-order valence-corrected chi connectivity index (χ3v) is 1.79. The Hall–Kier alpha value is -2.09. The molecule has 0 fully saturated rings. The van der Waals surface area contributed by atoms with Gasteiger partial charge in [-0.1, -0.05) is 5.92 Å². The fraction of sp³-hybridized carbons (Fsp3) is 0.308. The van der Waals surface area contributed by atoms with Crippen molar-refractivity contribution >= 4 is 11.7 Å². The quantitative estimate of drug-likeness (QED) is 0.438. The van der Waals surface area contributed by atoms with Crippen molar-refractivity contribution in [3.05, 3.63) is 29.3 Å². The van der Waals surface area contributed by atoms with Crippen molar-refractivity contribution in [1.29, 1.82) is 0 Å². The average molecular weight is 253 g/mol. The Bertz CT molecular complexity index is 513. The maximum atomic E-state index is 13.1. The molecule has 5 heteroatoms. The first-order valence-electron chi connectivity index (χ1n) is 5.18. The van der Waals surface area contributed by atoms with Crippen LogP contribution in [0.15, 0.2) is 12.1 Å². The van der Waals surface area contributed by atoms with Gasteiger partial charge in [0.15, 0.2) is 0 Å². The maximum absolute atomic E-state index is 13.1. The lowest BCUT2D eigenvalue weighted by Gasteiger charge is -2.16. The first-order chi connectivity index (χ1) is 8.19. The summed E-state index contributed by atoms with van der Waals surface area (Å²) in [7, 11) is 0. The highest BCUT2D eigenvalue weighted by Crippen LogP contribution is 2.16. The smallest absolute Gasteiger partial charge is 0.385 e. The average Bonchev–Trinajstić information content (AvgIpc) is 2.20. The topological polar surface area (TPSA) is 52.3 Å². The minimum atomic E-state index is -0.913. The van der Waals surface area contributed by atoms with Crippen LogP contribution >= 0.6 is 0 Å². The Morgan fingerprint density at radius 2 is 1.78 bits per heavy atom. The van der Waals surface area contributed by atoms with Crippen molar-refractivity contribution < 1.29 is 18.3 Å². The van der Waals surface area contributed by atoms with Gasteiger partial charge in [-0.15, -0.1) is 0 Å². The van der Waals surface area contributed by atoms with Crippen LogP contribution in [0.25, 0.3) is 0 Å². The van der Waals surface area contributed by atoms with Crippen LogP contribution in [0, 0.1) is 23.5 Å². The summed E-state index contributed by atoms with van der Waals surface area (Å²) in [6, 6.07) is 1.91. The summed E-state index contributed by atoms with van der Waals surface area (Å²) in [4.78, 5) is 11.3. The summed E-state index contributed by atoms with van der Waals surface area (Å²) < 4.78 is 31.1. The van der Waals surface area contributed by atoms with E-state index >= 15 is 0 Å². The van der Waals surface area contributed by atoms with Gasteiger partial charge in [0.2, 0.25) is 0 Å². The number of halogens is 2. The van der Waals surface area contributed by atoms with Crippen LogP contribution in [0.4, 0.5) is 14.5 Å². The number of ether oxygens (including phenoxy) is 1. The normalized spacial score (nSPS) is 10.5. The van der Waals surface area contributed by atoms with Gasteiger partial charge in [0.05, 0.1) is 0 Å². The highest BCUT2D eigenvalue weighted by Gasteiger charge is 2.14. The molecule has 0 bridgehead atoms. The van der Waals surface area contributed by atoms with Crippen LogP contribution in [-0.4, -0.2) is 11.6 Å². The van der Waals surface area contributed by atoms with Gasteiger partial charge in [-0.05, 0) is 32.9 Å². The summed E-state index contributed by atoms with van der Waals surface area (Å²) in [6.07, 6.45) is 0. The van der Waals surface area contributed by atoms with Crippen molar-refractivity contribution in [3.8, 4) is 11.8 Å². The molecule has 0 saturated carbocycles. The van der Waals surface area contributed by atoms with Gasteiger partial charge in [0.25, 0.3) is 0 Å². The summed E-state index contributed by atoms with van der Waals surface area (Å²) in [5.41, 5.74) is 3.88. The number of carbonyl (C=O) groups excluding carboxylic acids is 1. The number of rotatable bonds is 0. The molecule has 3 nitrogen and oxygen atoms in total. The minimum Gasteiger partial charge on any atom is -0.450 e.